The van der Waals surface area contributed by atoms with E-state index in [1.165, 1.54) is 6.33 Å². The molecule has 0 amide bonds. The molecule has 0 aliphatic carbocycles. The van der Waals surface area contributed by atoms with Crippen LogP contribution in [0.1, 0.15) is 20.3 Å². The van der Waals surface area contributed by atoms with E-state index in [1.807, 2.05) is 13.8 Å². The van der Waals surface area contributed by atoms with Crippen molar-refractivity contribution in [1.82, 2.24) is 19.9 Å². The molecule has 2 rings (SSSR count). The number of hydrogen-bond donors (Lipinski definition) is 3. The summed E-state index contributed by atoms with van der Waals surface area (Å²) in [6.07, 6.45) is 2.19. The Morgan fingerprint density at radius 3 is 2.95 bits per heavy atom. The minimum atomic E-state index is -0.934. The highest BCUT2D eigenvalue weighted by atomic mass is 35.5. The van der Waals surface area contributed by atoms with Gasteiger partial charge in [-0.3, -0.25) is 0 Å². The average molecular weight is 284 g/mol. The Bertz CT molecular complexity index is 600. The van der Waals surface area contributed by atoms with Gasteiger partial charge in [-0.15, -0.1) is 0 Å². The van der Waals surface area contributed by atoms with E-state index in [-0.39, 0.29) is 11.2 Å². The molecule has 7 nitrogen and oxygen atoms in total. The number of aliphatic carboxylic acids is 1. The van der Waals surface area contributed by atoms with Crippen LogP contribution in [0.5, 0.6) is 0 Å². The zero-order valence-electron chi connectivity index (χ0n) is 10.5. The molecule has 0 saturated carbocycles. The fourth-order valence-electron chi connectivity index (χ4n) is 1.74. The molecular weight excluding hydrogens is 270 g/mol. The van der Waals surface area contributed by atoms with Crippen molar-refractivity contribution >= 4 is 34.6 Å². The van der Waals surface area contributed by atoms with Gasteiger partial charge in [-0.05, 0) is 17.5 Å². The summed E-state index contributed by atoms with van der Waals surface area (Å²) < 4.78 is 0. The molecule has 0 radical (unpaired) electrons. The summed E-state index contributed by atoms with van der Waals surface area (Å²) in [5.74, 6) is -0.638. The lowest BCUT2D eigenvalue weighted by molar-refractivity contribution is -0.139. The third kappa shape index (κ3) is 2.76. The van der Waals surface area contributed by atoms with Crippen LogP contribution in [-0.4, -0.2) is 37.1 Å². The van der Waals surface area contributed by atoms with Gasteiger partial charge < -0.3 is 15.4 Å². The first-order valence-corrected chi connectivity index (χ1v) is 6.26. The maximum Gasteiger partial charge on any atom is 0.326 e. The molecule has 0 unspecified atom stereocenters. The smallest absolute Gasteiger partial charge is 0.326 e. The van der Waals surface area contributed by atoms with Crippen LogP contribution in [0.2, 0.25) is 5.28 Å². The van der Waals surface area contributed by atoms with Crippen molar-refractivity contribution < 1.29 is 9.90 Å². The number of carboxylic acid groups (broad SMARTS) is 1. The number of carbonyl (C=O) groups is 1. The predicted molar refractivity (Wildman–Crippen MR) is 71.2 cm³/mol. The number of H-pyrrole nitrogens is 1. The number of rotatable bonds is 5. The minimum Gasteiger partial charge on any atom is -0.480 e. The van der Waals surface area contributed by atoms with Crippen molar-refractivity contribution in [3.63, 3.8) is 0 Å². The van der Waals surface area contributed by atoms with Crippen LogP contribution in [0.3, 0.4) is 0 Å². The molecule has 0 saturated heterocycles. The van der Waals surface area contributed by atoms with Crippen molar-refractivity contribution in [1.29, 1.82) is 0 Å². The molecule has 0 spiro atoms. The topological polar surface area (TPSA) is 104 Å². The van der Waals surface area contributed by atoms with Gasteiger partial charge in [-0.2, -0.15) is 9.97 Å². The van der Waals surface area contributed by atoms with Gasteiger partial charge in [0.05, 0.1) is 6.33 Å². The maximum atomic E-state index is 11.3. The molecule has 0 aromatic carbocycles. The van der Waals surface area contributed by atoms with Gasteiger partial charge in [-0.1, -0.05) is 20.3 Å². The molecule has 8 heteroatoms. The van der Waals surface area contributed by atoms with Gasteiger partial charge in [0.1, 0.15) is 11.6 Å². The van der Waals surface area contributed by atoms with E-state index in [1.54, 1.807) is 0 Å². The lowest BCUT2D eigenvalue weighted by Crippen LogP contribution is -2.35. The largest absolute Gasteiger partial charge is 0.480 e. The molecule has 19 heavy (non-hydrogen) atoms. The number of carboxylic acids is 1. The molecule has 0 aliphatic heterocycles. The predicted octanol–water partition coefficient (Wildman–Crippen LogP) is 1.92. The number of fused-ring (bicyclic) bond motifs is 1. The standard InChI is InChI=1S/C11H14ClN5O2/c1-3-5(2)6(10(18)19)15-9-7-8(14-4-13-7)16-11(12)17-9/h4-6H,3H2,1-2H3,(H,18,19)(H2,13,14,15,16,17)/t5-,6+/m0/s1. The van der Waals surface area contributed by atoms with Crippen molar-refractivity contribution in [3.05, 3.63) is 11.6 Å². The number of nitrogens with zero attached hydrogens (tertiary/aromatic N) is 3. The Morgan fingerprint density at radius 2 is 2.32 bits per heavy atom. The molecule has 3 N–H and O–H groups in total. The molecule has 0 fully saturated rings. The quantitative estimate of drug-likeness (QED) is 0.724. The van der Waals surface area contributed by atoms with E-state index in [9.17, 15) is 9.90 Å². The SMILES string of the molecule is CC[C@H](C)[C@@H](Nc1nc(Cl)nc2nc[nH]c12)C(=O)O. The fourth-order valence-corrected chi connectivity index (χ4v) is 1.91. The lowest BCUT2D eigenvalue weighted by atomic mass is 9.99. The summed E-state index contributed by atoms with van der Waals surface area (Å²) in [7, 11) is 0. The number of hydrogen-bond acceptors (Lipinski definition) is 5. The summed E-state index contributed by atoms with van der Waals surface area (Å²) in [5.41, 5.74) is 0.940. The van der Waals surface area contributed by atoms with Crippen LogP contribution in [0.25, 0.3) is 11.2 Å². The number of imidazole rings is 1. The summed E-state index contributed by atoms with van der Waals surface area (Å²) >= 11 is 5.79. The van der Waals surface area contributed by atoms with Crippen molar-refractivity contribution in [2.24, 2.45) is 5.92 Å². The second kappa shape index (κ2) is 5.40. The van der Waals surface area contributed by atoms with Crippen LogP contribution in [0.4, 0.5) is 5.82 Å². The highest BCUT2D eigenvalue weighted by Crippen LogP contribution is 2.21. The Morgan fingerprint density at radius 1 is 1.58 bits per heavy atom. The monoisotopic (exact) mass is 283 g/mol. The molecule has 2 aromatic heterocycles. The number of nitrogens with one attached hydrogen (secondary N) is 2. The van der Waals surface area contributed by atoms with E-state index in [0.29, 0.717) is 17.0 Å². The van der Waals surface area contributed by atoms with E-state index in [0.717, 1.165) is 6.42 Å². The van der Waals surface area contributed by atoms with Gasteiger partial charge in [0.15, 0.2) is 11.5 Å². The van der Waals surface area contributed by atoms with Crippen LogP contribution in [0, 0.1) is 5.92 Å². The second-order valence-electron chi connectivity index (χ2n) is 4.29. The molecule has 0 aliphatic rings. The third-order valence-electron chi connectivity index (χ3n) is 3.03. The van der Waals surface area contributed by atoms with Gasteiger partial charge in [0.25, 0.3) is 0 Å². The number of halogens is 1. The highest BCUT2D eigenvalue weighted by Gasteiger charge is 2.25. The van der Waals surface area contributed by atoms with Crippen LogP contribution in [0.15, 0.2) is 6.33 Å². The minimum absolute atomic E-state index is 0.0235. The highest BCUT2D eigenvalue weighted by molar-refractivity contribution is 6.28. The summed E-state index contributed by atoms with van der Waals surface area (Å²) in [6, 6.07) is -0.748. The zero-order chi connectivity index (χ0) is 14.0. The first kappa shape index (κ1) is 13.5. The Kier molecular flexibility index (Phi) is 3.84. The normalized spacial score (nSPS) is 14.3. The average Bonchev–Trinajstić information content (AvgIpc) is 2.82. The molecule has 2 heterocycles. The zero-order valence-corrected chi connectivity index (χ0v) is 11.3. The van der Waals surface area contributed by atoms with Crippen LogP contribution >= 0.6 is 11.6 Å². The first-order chi connectivity index (χ1) is 9.02. The number of aromatic nitrogens is 4. The van der Waals surface area contributed by atoms with Gasteiger partial charge in [0.2, 0.25) is 5.28 Å². The van der Waals surface area contributed by atoms with E-state index in [2.05, 4.69) is 25.3 Å². The molecule has 2 aromatic rings. The summed E-state index contributed by atoms with van der Waals surface area (Å²) in [6.45, 7) is 3.79. The second-order valence-corrected chi connectivity index (χ2v) is 4.63. The van der Waals surface area contributed by atoms with E-state index >= 15 is 0 Å². The van der Waals surface area contributed by atoms with Crippen molar-refractivity contribution in [2.45, 2.75) is 26.3 Å². The van der Waals surface area contributed by atoms with Crippen molar-refractivity contribution in [2.75, 3.05) is 5.32 Å². The molecule has 102 valence electrons. The molecule has 2 atom stereocenters. The van der Waals surface area contributed by atoms with Gasteiger partial charge in [0, 0.05) is 0 Å². The number of anilines is 1. The Labute approximate surface area is 114 Å². The lowest BCUT2D eigenvalue weighted by Gasteiger charge is -2.20. The van der Waals surface area contributed by atoms with E-state index in [4.69, 9.17) is 11.6 Å². The Hall–Kier alpha value is -1.89. The molecular formula is C11H14ClN5O2. The van der Waals surface area contributed by atoms with Gasteiger partial charge in [-0.25, -0.2) is 9.78 Å². The van der Waals surface area contributed by atoms with Crippen molar-refractivity contribution in [3.8, 4) is 0 Å². The Balaban J connectivity index is 2.38. The van der Waals surface area contributed by atoms with Crippen LogP contribution < -0.4 is 5.32 Å². The van der Waals surface area contributed by atoms with Gasteiger partial charge >= 0.3 is 5.97 Å². The third-order valence-corrected chi connectivity index (χ3v) is 3.20. The first-order valence-electron chi connectivity index (χ1n) is 5.89. The molecule has 0 bridgehead atoms. The maximum absolute atomic E-state index is 11.3. The van der Waals surface area contributed by atoms with Crippen LogP contribution in [-0.2, 0) is 4.79 Å². The van der Waals surface area contributed by atoms with E-state index < -0.39 is 12.0 Å². The fraction of sp³-hybridized carbons (Fsp3) is 0.455. The summed E-state index contributed by atoms with van der Waals surface area (Å²) in [5, 5.41) is 12.2. The summed E-state index contributed by atoms with van der Waals surface area (Å²) in [4.78, 5) is 26.1. The number of aromatic amines is 1.